The van der Waals surface area contributed by atoms with Gasteiger partial charge in [0.05, 0.1) is 11.0 Å². The summed E-state index contributed by atoms with van der Waals surface area (Å²) in [6.45, 7) is 1.76. The summed E-state index contributed by atoms with van der Waals surface area (Å²) in [6, 6.07) is 13.3. The third-order valence-corrected chi connectivity index (χ3v) is 4.04. The summed E-state index contributed by atoms with van der Waals surface area (Å²) in [7, 11) is 0. The number of non-ortho nitro benzene ring substituents is 1. The van der Waals surface area contributed by atoms with Gasteiger partial charge in [-0.15, -0.1) is 0 Å². The van der Waals surface area contributed by atoms with E-state index < -0.39 is 11.0 Å². The van der Waals surface area contributed by atoms with Gasteiger partial charge in [-0.25, -0.2) is 0 Å². The fourth-order valence-corrected chi connectivity index (χ4v) is 2.64. The fourth-order valence-electron chi connectivity index (χ4n) is 2.64. The number of hydrogen-bond acceptors (Lipinski definition) is 7. The number of rotatable bonds is 7. The zero-order valence-electron chi connectivity index (χ0n) is 14.5. The molecule has 0 aliphatic rings. The van der Waals surface area contributed by atoms with Crippen molar-refractivity contribution in [2.24, 2.45) is 0 Å². The first-order valence-electron chi connectivity index (χ1n) is 8.19. The van der Waals surface area contributed by atoms with Crippen LogP contribution in [0.25, 0.3) is 0 Å². The number of nitrogens with one attached hydrogen (secondary N) is 1. The van der Waals surface area contributed by atoms with Crippen LogP contribution in [0, 0.1) is 17.0 Å². The van der Waals surface area contributed by atoms with Crippen LogP contribution in [-0.4, -0.2) is 21.0 Å². The molecule has 0 aliphatic heterocycles. The van der Waals surface area contributed by atoms with Crippen LogP contribution in [-0.2, 0) is 0 Å². The number of aromatic hydroxyl groups is 1. The molecule has 0 saturated heterocycles. The van der Waals surface area contributed by atoms with Gasteiger partial charge < -0.3 is 14.9 Å². The zero-order chi connectivity index (χ0) is 19.4. The second-order valence-corrected chi connectivity index (χ2v) is 6.04. The summed E-state index contributed by atoms with van der Waals surface area (Å²) < 4.78 is 5.04. The Hall–Kier alpha value is -3.68. The van der Waals surface area contributed by atoms with Crippen molar-refractivity contribution in [1.29, 1.82) is 0 Å². The van der Waals surface area contributed by atoms with Crippen LogP contribution in [0.3, 0.4) is 0 Å². The van der Waals surface area contributed by atoms with Crippen LogP contribution < -0.4 is 5.32 Å². The number of nitro benzene ring substituents is 1. The number of benzene rings is 2. The molecule has 0 spiro atoms. The molecule has 0 bridgehead atoms. The van der Waals surface area contributed by atoms with Crippen LogP contribution in [0.15, 0.2) is 59.1 Å². The molecule has 1 heterocycles. The summed E-state index contributed by atoms with van der Waals surface area (Å²) in [4.78, 5) is 22.9. The summed E-state index contributed by atoms with van der Waals surface area (Å²) in [5.74, 6) is 1.05. The van der Waals surface area contributed by atoms with Gasteiger partial charge in [-0.2, -0.15) is 0 Å². The molecule has 1 aromatic heterocycles. The van der Waals surface area contributed by atoms with Crippen molar-refractivity contribution in [2.75, 3.05) is 5.32 Å². The molecule has 1 unspecified atom stereocenters. The van der Waals surface area contributed by atoms with Crippen molar-refractivity contribution in [3.05, 3.63) is 81.6 Å². The van der Waals surface area contributed by atoms with E-state index in [1.807, 2.05) is 0 Å². The van der Waals surface area contributed by atoms with E-state index in [0.717, 1.165) is 5.56 Å². The van der Waals surface area contributed by atoms with E-state index in [4.69, 9.17) is 4.52 Å². The fraction of sp³-hybridized carbons (Fsp3) is 0.158. The number of anilines is 1. The molecule has 138 valence electrons. The average molecular weight is 367 g/mol. The number of hydrogen-bond donors (Lipinski definition) is 2. The van der Waals surface area contributed by atoms with Crippen molar-refractivity contribution in [1.82, 2.24) is 5.16 Å². The predicted octanol–water partition coefficient (Wildman–Crippen LogP) is 4.02. The smallest absolute Gasteiger partial charge is 0.269 e. The van der Waals surface area contributed by atoms with Crippen molar-refractivity contribution < 1.29 is 19.3 Å². The van der Waals surface area contributed by atoms with E-state index in [1.165, 1.54) is 36.4 Å². The minimum atomic E-state index is -0.512. The van der Waals surface area contributed by atoms with Gasteiger partial charge in [0.2, 0.25) is 0 Å². The first kappa shape index (κ1) is 18.1. The molecule has 1 atom stereocenters. The SMILES string of the molecule is Cc1cc(NC(CC(=O)c2ccc([N+](=O)[O-])cc2)c2ccc(O)cc2)no1. The zero-order valence-corrected chi connectivity index (χ0v) is 14.5. The maximum Gasteiger partial charge on any atom is 0.269 e. The van der Waals surface area contributed by atoms with Gasteiger partial charge in [0.25, 0.3) is 5.69 Å². The standard InChI is InChI=1S/C19H17N3O5/c1-12-10-19(21-27-12)20-17(13-4-8-16(23)9-5-13)11-18(24)14-2-6-15(7-3-14)22(25)26/h2-10,17,23H,11H2,1H3,(H,20,21). The Kier molecular flexibility index (Phi) is 5.16. The van der Waals surface area contributed by atoms with E-state index in [9.17, 15) is 20.0 Å². The quantitative estimate of drug-likeness (QED) is 0.368. The van der Waals surface area contributed by atoms with E-state index in [2.05, 4.69) is 10.5 Å². The summed E-state index contributed by atoms with van der Waals surface area (Å²) >= 11 is 0. The molecule has 8 heteroatoms. The monoisotopic (exact) mass is 367 g/mol. The van der Waals surface area contributed by atoms with Gasteiger partial charge in [-0.1, -0.05) is 17.3 Å². The number of nitrogens with zero attached hydrogens (tertiary/aromatic N) is 2. The van der Waals surface area contributed by atoms with Crippen LogP contribution in [0.5, 0.6) is 5.75 Å². The average Bonchev–Trinajstić information content (AvgIpc) is 3.06. The van der Waals surface area contributed by atoms with Gasteiger partial charge in [-0.3, -0.25) is 14.9 Å². The molecule has 3 rings (SSSR count). The lowest BCUT2D eigenvalue weighted by atomic mass is 9.97. The van der Waals surface area contributed by atoms with E-state index in [1.54, 1.807) is 25.1 Å². The summed E-state index contributed by atoms with van der Waals surface area (Å²) in [6.07, 6.45) is 0.0918. The number of carbonyl (C=O) groups excluding carboxylic acids is 1. The lowest BCUT2D eigenvalue weighted by Gasteiger charge is -2.18. The van der Waals surface area contributed by atoms with Crippen LogP contribution in [0.1, 0.15) is 34.1 Å². The molecule has 27 heavy (non-hydrogen) atoms. The minimum Gasteiger partial charge on any atom is -0.508 e. The first-order chi connectivity index (χ1) is 12.9. The molecular formula is C19H17N3O5. The molecule has 0 amide bonds. The molecular weight excluding hydrogens is 350 g/mol. The highest BCUT2D eigenvalue weighted by Crippen LogP contribution is 2.26. The Morgan fingerprint density at radius 1 is 1.22 bits per heavy atom. The molecule has 8 nitrogen and oxygen atoms in total. The largest absolute Gasteiger partial charge is 0.508 e. The highest BCUT2D eigenvalue weighted by molar-refractivity contribution is 5.96. The third kappa shape index (κ3) is 4.49. The molecule has 0 aliphatic carbocycles. The Morgan fingerprint density at radius 3 is 2.44 bits per heavy atom. The highest BCUT2D eigenvalue weighted by atomic mass is 16.6. The lowest BCUT2D eigenvalue weighted by molar-refractivity contribution is -0.384. The van der Waals surface area contributed by atoms with Gasteiger partial charge >= 0.3 is 0 Å². The minimum absolute atomic E-state index is 0.0715. The number of aromatic nitrogens is 1. The number of ketones is 1. The third-order valence-electron chi connectivity index (χ3n) is 4.04. The van der Waals surface area contributed by atoms with Gasteiger partial charge in [0.1, 0.15) is 11.5 Å². The van der Waals surface area contributed by atoms with Crippen LogP contribution in [0.4, 0.5) is 11.5 Å². The number of phenolic OH excluding ortho intramolecular Hbond substituents is 1. The lowest BCUT2D eigenvalue weighted by Crippen LogP contribution is -2.16. The molecule has 0 saturated carbocycles. The molecule has 3 aromatic rings. The normalized spacial score (nSPS) is 11.7. The van der Waals surface area contributed by atoms with E-state index >= 15 is 0 Å². The van der Waals surface area contributed by atoms with Gasteiger partial charge in [0.15, 0.2) is 11.6 Å². The van der Waals surface area contributed by atoms with Crippen LogP contribution >= 0.6 is 0 Å². The number of phenols is 1. The van der Waals surface area contributed by atoms with Crippen LogP contribution in [0.2, 0.25) is 0 Å². The predicted molar refractivity (Wildman–Crippen MR) is 97.8 cm³/mol. The number of aryl methyl sites for hydroxylation is 1. The van der Waals surface area contributed by atoms with Crippen molar-refractivity contribution in [3.63, 3.8) is 0 Å². The van der Waals surface area contributed by atoms with Gasteiger partial charge in [0, 0.05) is 30.2 Å². The van der Waals surface area contributed by atoms with E-state index in [-0.39, 0.29) is 23.6 Å². The Bertz CT molecular complexity index is 948. The Balaban J connectivity index is 1.82. The Labute approximate surface area is 154 Å². The highest BCUT2D eigenvalue weighted by Gasteiger charge is 2.19. The van der Waals surface area contributed by atoms with Crippen molar-refractivity contribution in [2.45, 2.75) is 19.4 Å². The topological polar surface area (TPSA) is 118 Å². The van der Waals surface area contributed by atoms with Crippen molar-refractivity contribution in [3.8, 4) is 5.75 Å². The second kappa shape index (κ2) is 7.69. The first-order valence-corrected chi connectivity index (χ1v) is 8.19. The van der Waals surface area contributed by atoms with Crippen molar-refractivity contribution >= 4 is 17.3 Å². The maximum absolute atomic E-state index is 12.7. The molecule has 2 aromatic carbocycles. The molecule has 0 fully saturated rings. The van der Waals surface area contributed by atoms with E-state index in [0.29, 0.717) is 17.1 Å². The van der Waals surface area contributed by atoms with Gasteiger partial charge in [-0.05, 0) is 36.8 Å². The number of carbonyl (C=O) groups is 1. The molecule has 0 radical (unpaired) electrons. The Morgan fingerprint density at radius 2 is 1.89 bits per heavy atom. The molecule has 2 N–H and O–H groups in total. The maximum atomic E-state index is 12.7. The number of nitro groups is 1. The number of Topliss-reactive ketones (excluding diaryl/α,β-unsaturated/α-hetero) is 1. The summed E-state index contributed by atoms with van der Waals surface area (Å²) in [5.41, 5.74) is 1.09. The summed E-state index contributed by atoms with van der Waals surface area (Å²) in [5, 5.41) is 27.3. The second-order valence-electron chi connectivity index (χ2n) is 6.04.